The fourth-order valence-electron chi connectivity index (χ4n) is 2.21. The van der Waals surface area contributed by atoms with E-state index in [9.17, 15) is 27.6 Å². The van der Waals surface area contributed by atoms with Crippen molar-refractivity contribution in [3.8, 4) is 0 Å². The van der Waals surface area contributed by atoms with Gasteiger partial charge in [0.2, 0.25) is 5.91 Å². The van der Waals surface area contributed by atoms with Crippen molar-refractivity contribution in [1.82, 2.24) is 14.6 Å². The third-order valence-electron chi connectivity index (χ3n) is 3.36. The Morgan fingerprint density at radius 3 is 2.63 bits per heavy atom. The van der Waals surface area contributed by atoms with Gasteiger partial charge < -0.3 is 20.2 Å². The number of hydrogen-bond donors (Lipinski definition) is 3. The van der Waals surface area contributed by atoms with Crippen LogP contribution in [-0.2, 0) is 39.1 Å². The van der Waals surface area contributed by atoms with E-state index in [2.05, 4.69) is 25.6 Å². The lowest BCUT2D eigenvalue weighted by molar-refractivity contribution is -0.191. The van der Waals surface area contributed by atoms with Crippen molar-refractivity contribution in [3.05, 3.63) is 11.1 Å². The standard InChI is InChI=1S/C13H14ClN5O9S2/c1-6(20)28-13(5-19(11(13)23)30(24,25)26)17-10(22)9(18-27-2)7-4-29-12(15-7)16-8(21)3-14/h4H,3,5H2,1-2H3,(H,17,22)(H,15,16,21)(H,24,25,26). The van der Waals surface area contributed by atoms with Gasteiger partial charge in [-0.1, -0.05) is 5.16 Å². The summed E-state index contributed by atoms with van der Waals surface area (Å²) >= 11 is 6.31. The second-order valence-corrected chi connectivity index (χ2v) is 7.97. The summed E-state index contributed by atoms with van der Waals surface area (Å²) in [4.78, 5) is 56.1. The minimum absolute atomic E-state index is 0.00795. The molecule has 3 N–H and O–H groups in total. The first-order valence-electron chi connectivity index (χ1n) is 7.68. The number of oxime groups is 1. The fourth-order valence-corrected chi connectivity index (χ4v) is 3.69. The lowest BCUT2D eigenvalue weighted by atomic mass is 10.1. The molecule has 2 heterocycles. The summed E-state index contributed by atoms with van der Waals surface area (Å²) in [5.41, 5.74) is -2.95. The Morgan fingerprint density at radius 2 is 2.13 bits per heavy atom. The molecule has 17 heteroatoms. The largest absolute Gasteiger partial charge is 0.427 e. The molecule has 30 heavy (non-hydrogen) atoms. The van der Waals surface area contributed by atoms with Gasteiger partial charge in [-0.15, -0.1) is 22.9 Å². The molecule has 1 aliphatic heterocycles. The molecule has 1 saturated heterocycles. The lowest BCUT2D eigenvalue weighted by Crippen LogP contribution is -2.77. The number of thiazole rings is 1. The van der Waals surface area contributed by atoms with Crippen LogP contribution in [0.3, 0.4) is 0 Å². The number of anilines is 1. The van der Waals surface area contributed by atoms with Gasteiger partial charge in [0.1, 0.15) is 25.2 Å². The highest BCUT2D eigenvalue weighted by Crippen LogP contribution is 2.27. The van der Waals surface area contributed by atoms with E-state index < -0.39 is 52.0 Å². The molecule has 0 aliphatic carbocycles. The van der Waals surface area contributed by atoms with E-state index in [1.165, 1.54) is 5.38 Å². The fraction of sp³-hybridized carbons (Fsp3) is 0.385. The van der Waals surface area contributed by atoms with E-state index in [4.69, 9.17) is 20.9 Å². The van der Waals surface area contributed by atoms with Gasteiger partial charge in [-0.25, -0.2) is 9.29 Å². The van der Waals surface area contributed by atoms with Crippen molar-refractivity contribution in [2.75, 3.05) is 24.9 Å². The monoisotopic (exact) mass is 483 g/mol. The van der Waals surface area contributed by atoms with Gasteiger partial charge in [0, 0.05) is 12.3 Å². The molecule has 0 bridgehead atoms. The van der Waals surface area contributed by atoms with Gasteiger partial charge in [0.25, 0.3) is 11.6 Å². The number of amides is 3. The summed E-state index contributed by atoms with van der Waals surface area (Å²) in [5.74, 6) is -4.42. The maximum Gasteiger partial charge on any atom is 0.362 e. The van der Waals surface area contributed by atoms with Crippen LogP contribution in [0.5, 0.6) is 0 Å². The smallest absolute Gasteiger partial charge is 0.362 e. The average Bonchev–Trinajstić information content (AvgIpc) is 3.09. The molecule has 1 fully saturated rings. The Balaban J connectivity index is 2.28. The molecule has 2 rings (SSSR count). The van der Waals surface area contributed by atoms with Crippen LogP contribution >= 0.6 is 22.9 Å². The zero-order chi connectivity index (χ0) is 22.7. The van der Waals surface area contributed by atoms with Crippen molar-refractivity contribution < 1.29 is 41.7 Å². The first-order valence-corrected chi connectivity index (χ1v) is 10.5. The van der Waals surface area contributed by atoms with Crippen molar-refractivity contribution >= 4 is 67.8 Å². The molecule has 3 amide bonds. The minimum Gasteiger partial charge on any atom is -0.427 e. The summed E-state index contributed by atoms with van der Waals surface area (Å²) in [6, 6.07) is 0. The van der Waals surface area contributed by atoms with Gasteiger partial charge in [-0.2, -0.15) is 8.42 Å². The van der Waals surface area contributed by atoms with Crippen molar-refractivity contribution in [2.24, 2.45) is 5.16 Å². The number of rotatable bonds is 8. The molecule has 0 aromatic carbocycles. The van der Waals surface area contributed by atoms with Gasteiger partial charge in [0.05, 0.1) is 0 Å². The van der Waals surface area contributed by atoms with Crippen LogP contribution in [-0.4, -0.2) is 76.9 Å². The van der Waals surface area contributed by atoms with Crippen molar-refractivity contribution in [1.29, 1.82) is 0 Å². The maximum absolute atomic E-state index is 12.7. The minimum atomic E-state index is -4.93. The molecule has 1 aromatic heterocycles. The van der Waals surface area contributed by atoms with E-state index >= 15 is 0 Å². The highest BCUT2D eigenvalue weighted by molar-refractivity contribution is 7.84. The Labute approximate surface area is 178 Å². The molecule has 0 saturated carbocycles. The van der Waals surface area contributed by atoms with Gasteiger partial charge in [-0.05, 0) is 0 Å². The quantitative estimate of drug-likeness (QED) is 0.0759. The van der Waals surface area contributed by atoms with Crippen LogP contribution in [0.2, 0.25) is 0 Å². The number of carbonyl (C=O) groups excluding carboxylic acids is 4. The second-order valence-electron chi connectivity index (χ2n) is 5.51. The molecule has 1 unspecified atom stereocenters. The predicted octanol–water partition coefficient (Wildman–Crippen LogP) is -1.31. The number of alkyl halides is 1. The maximum atomic E-state index is 12.7. The molecule has 0 radical (unpaired) electrons. The van der Waals surface area contributed by atoms with E-state index in [1.54, 1.807) is 0 Å². The SMILES string of the molecule is CON=C(C(=O)NC1(OC(C)=O)CN(S(=O)(=O)O)C1=O)c1csc(NC(=O)CCl)n1. The number of halogens is 1. The van der Waals surface area contributed by atoms with Crippen LogP contribution in [0, 0.1) is 0 Å². The Morgan fingerprint density at radius 1 is 1.47 bits per heavy atom. The van der Waals surface area contributed by atoms with E-state index in [0.29, 0.717) is 0 Å². The average molecular weight is 484 g/mol. The number of nitrogens with one attached hydrogen (secondary N) is 2. The molecular formula is C13H14ClN5O9S2. The number of nitrogens with zero attached hydrogens (tertiary/aromatic N) is 3. The molecule has 164 valence electrons. The number of carbonyl (C=O) groups is 4. The van der Waals surface area contributed by atoms with E-state index in [-0.39, 0.29) is 21.0 Å². The van der Waals surface area contributed by atoms with E-state index in [0.717, 1.165) is 25.4 Å². The van der Waals surface area contributed by atoms with Gasteiger partial charge in [-0.3, -0.25) is 23.7 Å². The molecule has 1 aliphatic rings. The van der Waals surface area contributed by atoms with Gasteiger partial charge in [0.15, 0.2) is 10.8 Å². The van der Waals surface area contributed by atoms with Crippen LogP contribution in [0.1, 0.15) is 12.6 Å². The summed E-state index contributed by atoms with van der Waals surface area (Å²) in [7, 11) is -3.81. The Hall–Kier alpha value is -2.82. The Kier molecular flexibility index (Phi) is 6.96. The van der Waals surface area contributed by atoms with E-state index in [1.807, 2.05) is 0 Å². The highest BCUT2D eigenvalue weighted by Gasteiger charge is 2.61. The van der Waals surface area contributed by atoms with Crippen molar-refractivity contribution in [2.45, 2.75) is 12.6 Å². The van der Waals surface area contributed by atoms with Gasteiger partial charge >= 0.3 is 22.2 Å². The first kappa shape index (κ1) is 23.5. The molecule has 14 nitrogen and oxygen atoms in total. The number of esters is 1. The molecule has 1 atom stereocenters. The second kappa shape index (κ2) is 8.90. The summed E-state index contributed by atoms with van der Waals surface area (Å²) in [6.45, 7) is 0.0536. The molecular weight excluding hydrogens is 470 g/mol. The zero-order valence-corrected chi connectivity index (χ0v) is 17.6. The summed E-state index contributed by atoms with van der Waals surface area (Å²) in [6.07, 6.45) is 0. The zero-order valence-electron chi connectivity index (χ0n) is 15.2. The Bertz CT molecular complexity index is 1020. The van der Waals surface area contributed by atoms with Crippen LogP contribution in [0.15, 0.2) is 10.5 Å². The molecule has 1 aromatic rings. The first-order chi connectivity index (χ1) is 13.9. The predicted molar refractivity (Wildman–Crippen MR) is 101 cm³/mol. The summed E-state index contributed by atoms with van der Waals surface area (Å²) < 4.78 is 36.1. The number of aromatic nitrogens is 1. The number of hydrogen-bond acceptors (Lipinski definition) is 11. The van der Waals surface area contributed by atoms with Crippen LogP contribution in [0.4, 0.5) is 5.13 Å². The number of ether oxygens (including phenoxy) is 1. The highest BCUT2D eigenvalue weighted by atomic mass is 35.5. The lowest BCUT2D eigenvalue weighted by Gasteiger charge is -2.44. The normalized spacial score (nSPS) is 19.0. The number of β-lactam (4-membered cyclic amide) rings is 1. The summed E-state index contributed by atoms with van der Waals surface area (Å²) in [5, 5.41) is 9.32. The topological polar surface area (TPSA) is 194 Å². The third-order valence-corrected chi connectivity index (χ3v) is 5.21. The van der Waals surface area contributed by atoms with Crippen molar-refractivity contribution in [3.63, 3.8) is 0 Å². The third kappa shape index (κ3) is 5.02. The molecule has 0 spiro atoms. The van der Waals surface area contributed by atoms with Crippen LogP contribution < -0.4 is 10.6 Å². The van der Waals surface area contributed by atoms with Crippen LogP contribution in [0.25, 0.3) is 0 Å².